The van der Waals surface area contributed by atoms with Crippen LogP contribution in [0, 0.1) is 13.8 Å². The lowest BCUT2D eigenvalue weighted by molar-refractivity contribution is 0.457. The summed E-state index contributed by atoms with van der Waals surface area (Å²) in [5.41, 5.74) is 7.50. The van der Waals surface area contributed by atoms with E-state index >= 15 is 0 Å². The van der Waals surface area contributed by atoms with Gasteiger partial charge in [-0.05, 0) is 54.5 Å². The maximum absolute atomic E-state index is 10.4. The normalized spacial score (nSPS) is 12.9. The molecule has 0 spiro atoms. The molecule has 1 aliphatic rings. The first-order valence-corrected chi connectivity index (χ1v) is 8.73. The van der Waals surface area contributed by atoms with Gasteiger partial charge in [-0.3, -0.25) is 0 Å². The zero-order valence-corrected chi connectivity index (χ0v) is 14.7. The van der Waals surface area contributed by atoms with Gasteiger partial charge in [-0.2, -0.15) is 0 Å². The zero-order valence-electron chi connectivity index (χ0n) is 14.7. The first-order chi connectivity index (χ1) is 12.6. The molecule has 0 atom stereocenters. The number of benzene rings is 3. The number of para-hydroxylation sites is 2. The van der Waals surface area contributed by atoms with E-state index in [0.29, 0.717) is 0 Å². The van der Waals surface area contributed by atoms with E-state index in [4.69, 9.17) is 4.99 Å². The van der Waals surface area contributed by atoms with Gasteiger partial charge in [0.1, 0.15) is 0 Å². The lowest BCUT2D eigenvalue weighted by atomic mass is 9.95. The van der Waals surface area contributed by atoms with Crippen LogP contribution in [0.5, 0.6) is 5.88 Å². The van der Waals surface area contributed by atoms with E-state index in [1.54, 1.807) is 0 Å². The zero-order chi connectivity index (χ0) is 17.8. The van der Waals surface area contributed by atoms with Crippen molar-refractivity contribution in [3.05, 3.63) is 81.9 Å². The van der Waals surface area contributed by atoms with E-state index < -0.39 is 0 Å². The van der Waals surface area contributed by atoms with E-state index in [1.807, 2.05) is 30.3 Å². The van der Waals surface area contributed by atoms with Crippen LogP contribution in [0.2, 0.25) is 0 Å². The molecule has 0 saturated carbocycles. The fraction of sp³-hybridized carbons (Fsp3) is 0.0870. The van der Waals surface area contributed by atoms with Crippen LogP contribution in [0.4, 0.5) is 5.69 Å². The molecule has 0 amide bonds. The molecule has 0 fully saturated rings. The lowest BCUT2D eigenvalue weighted by Gasteiger charge is -2.06. The minimum absolute atomic E-state index is 0.203. The van der Waals surface area contributed by atoms with Gasteiger partial charge in [-0.25, -0.2) is 4.99 Å². The summed E-state index contributed by atoms with van der Waals surface area (Å²) < 4.78 is 0. The third-order valence-corrected chi connectivity index (χ3v) is 5.22. The largest absolute Gasteiger partial charge is 0.494 e. The number of hydrogen-bond donors (Lipinski definition) is 2. The maximum atomic E-state index is 10.4. The highest BCUT2D eigenvalue weighted by molar-refractivity contribution is 5.92. The summed E-state index contributed by atoms with van der Waals surface area (Å²) in [6, 6.07) is 18.4. The second-order valence-electron chi connectivity index (χ2n) is 6.84. The summed E-state index contributed by atoms with van der Waals surface area (Å²) in [7, 11) is 0. The molecule has 4 aromatic rings. The molecule has 1 aromatic heterocycles. The second-order valence-corrected chi connectivity index (χ2v) is 6.84. The predicted molar refractivity (Wildman–Crippen MR) is 105 cm³/mol. The minimum atomic E-state index is 0.203. The molecule has 3 aromatic carbocycles. The average molecular weight is 338 g/mol. The van der Waals surface area contributed by atoms with Gasteiger partial charge < -0.3 is 10.1 Å². The van der Waals surface area contributed by atoms with Gasteiger partial charge in [0.15, 0.2) is 5.88 Å². The van der Waals surface area contributed by atoms with Crippen molar-refractivity contribution in [2.45, 2.75) is 13.8 Å². The number of aromatic amines is 1. The van der Waals surface area contributed by atoms with Gasteiger partial charge in [0.2, 0.25) is 0 Å². The maximum Gasteiger partial charge on any atom is 0.196 e. The summed E-state index contributed by atoms with van der Waals surface area (Å²) >= 11 is 0. The Kier molecular flexibility index (Phi) is 3.07. The van der Waals surface area contributed by atoms with Crippen LogP contribution in [0.15, 0.2) is 59.6 Å². The quantitative estimate of drug-likeness (QED) is 0.472. The number of rotatable bonds is 1. The monoisotopic (exact) mass is 338 g/mol. The molecule has 1 aliphatic heterocycles. The van der Waals surface area contributed by atoms with Gasteiger partial charge in [0, 0.05) is 27.6 Å². The number of H-pyrrole nitrogens is 1. The Labute approximate surface area is 151 Å². The first kappa shape index (κ1) is 15.0. The predicted octanol–water partition coefficient (Wildman–Crippen LogP) is 4.25. The molecule has 2 N–H and O–H groups in total. The number of nitrogens with one attached hydrogen (secondary N) is 1. The third-order valence-electron chi connectivity index (χ3n) is 5.22. The van der Waals surface area contributed by atoms with E-state index in [1.165, 1.54) is 16.7 Å². The Morgan fingerprint density at radius 2 is 1.77 bits per heavy atom. The molecule has 2 heterocycles. The van der Waals surface area contributed by atoms with Gasteiger partial charge in [0.25, 0.3) is 0 Å². The highest BCUT2D eigenvalue weighted by Crippen LogP contribution is 2.34. The molecule has 0 saturated heterocycles. The Morgan fingerprint density at radius 1 is 1.00 bits per heavy atom. The summed E-state index contributed by atoms with van der Waals surface area (Å²) in [5, 5.41) is 13.6. The van der Waals surface area contributed by atoms with Crippen LogP contribution in [-0.2, 0) is 0 Å². The van der Waals surface area contributed by atoms with Crippen molar-refractivity contribution < 1.29 is 5.11 Å². The van der Waals surface area contributed by atoms with E-state index in [9.17, 15) is 5.11 Å². The Bertz CT molecular complexity index is 1310. The van der Waals surface area contributed by atoms with E-state index in [2.05, 4.69) is 49.2 Å². The Morgan fingerprint density at radius 3 is 2.65 bits per heavy atom. The van der Waals surface area contributed by atoms with Crippen LogP contribution in [0.25, 0.3) is 28.1 Å². The van der Waals surface area contributed by atoms with Gasteiger partial charge >= 0.3 is 0 Å². The Hall–Kier alpha value is -3.33. The summed E-state index contributed by atoms with van der Waals surface area (Å²) in [5.74, 6) is 0.203. The van der Waals surface area contributed by atoms with Crippen LogP contribution in [0.3, 0.4) is 0 Å². The van der Waals surface area contributed by atoms with Crippen molar-refractivity contribution in [1.29, 1.82) is 0 Å². The van der Waals surface area contributed by atoms with E-state index in [-0.39, 0.29) is 5.88 Å². The number of aromatic nitrogens is 1. The molecule has 126 valence electrons. The number of aryl methyl sites for hydroxylation is 1. The van der Waals surface area contributed by atoms with Gasteiger partial charge in [0.05, 0.1) is 11.0 Å². The number of fused-ring (bicyclic) bond motifs is 4. The van der Waals surface area contributed by atoms with Crippen molar-refractivity contribution in [1.82, 2.24) is 4.98 Å². The lowest BCUT2D eigenvalue weighted by Crippen LogP contribution is -2.18. The van der Waals surface area contributed by atoms with Crippen molar-refractivity contribution in [3.63, 3.8) is 0 Å². The van der Waals surface area contributed by atoms with Gasteiger partial charge in [-0.1, -0.05) is 36.4 Å². The standard InChI is InChI=1S/C23H18N2O/c1-13-11-15(12-18-16-7-3-5-9-19(16)25-23(18)26)14(2)21-17-8-4-6-10-20(17)24-22(13)21/h3-12,25-26H,1-2H3/b15-12-. The van der Waals surface area contributed by atoms with Crippen LogP contribution in [-0.4, -0.2) is 10.1 Å². The topological polar surface area (TPSA) is 48.4 Å². The molecule has 0 aliphatic carbocycles. The van der Waals surface area contributed by atoms with Crippen molar-refractivity contribution >= 4 is 22.7 Å². The molecule has 0 bridgehead atoms. The second kappa shape index (κ2) is 5.33. The summed E-state index contributed by atoms with van der Waals surface area (Å²) in [6.45, 7) is 4.23. The molecule has 26 heavy (non-hydrogen) atoms. The number of aromatic hydroxyl groups is 1. The highest BCUT2D eigenvalue weighted by Gasteiger charge is 2.18. The molecular weight excluding hydrogens is 320 g/mol. The fourth-order valence-corrected chi connectivity index (χ4v) is 3.91. The van der Waals surface area contributed by atoms with Crippen molar-refractivity contribution in [2.24, 2.45) is 4.99 Å². The molecular formula is C23H18N2O. The SMILES string of the molecule is Cc1c/c(=C/c2c(O)[nH]c3ccccc23)c(C)c2c1=Nc1ccccc1-2. The molecule has 5 rings (SSSR count). The molecule has 0 radical (unpaired) electrons. The van der Waals surface area contributed by atoms with Crippen LogP contribution >= 0.6 is 0 Å². The summed E-state index contributed by atoms with van der Waals surface area (Å²) in [4.78, 5) is 7.87. The van der Waals surface area contributed by atoms with E-state index in [0.717, 1.165) is 38.3 Å². The molecule has 0 unspecified atom stereocenters. The first-order valence-electron chi connectivity index (χ1n) is 8.73. The third kappa shape index (κ3) is 2.04. The number of hydrogen-bond acceptors (Lipinski definition) is 2. The van der Waals surface area contributed by atoms with Crippen molar-refractivity contribution in [3.8, 4) is 17.0 Å². The van der Waals surface area contributed by atoms with Gasteiger partial charge in [-0.15, -0.1) is 0 Å². The Balaban J connectivity index is 1.84. The molecule has 3 heteroatoms. The van der Waals surface area contributed by atoms with Crippen LogP contribution < -0.4 is 10.6 Å². The smallest absolute Gasteiger partial charge is 0.196 e. The summed E-state index contributed by atoms with van der Waals surface area (Å²) in [6.07, 6.45) is 2.07. The van der Waals surface area contributed by atoms with Crippen LogP contribution in [0.1, 0.15) is 16.7 Å². The highest BCUT2D eigenvalue weighted by atomic mass is 16.3. The minimum Gasteiger partial charge on any atom is -0.494 e. The van der Waals surface area contributed by atoms with Crippen molar-refractivity contribution in [2.75, 3.05) is 0 Å². The molecule has 3 nitrogen and oxygen atoms in total. The fourth-order valence-electron chi connectivity index (χ4n) is 3.91. The average Bonchev–Trinajstić information content (AvgIpc) is 3.18. The number of nitrogens with zero attached hydrogens (tertiary/aromatic N) is 1.